The minimum atomic E-state index is 0.579. The van der Waals surface area contributed by atoms with Gasteiger partial charge in [-0.05, 0) is 64.4 Å². The quantitative estimate of drug-likeness (QED) is 0.172. The van der Waals surface area contributed by atoms with Gasteiger partial charge in [0.1, 0.15) is 5.82 Å². The van der Waals surface area contributed by atoms with Crippen LogP contribution in [0.4, 0.5) is 0 Å². The number of benzene rings is 8. The van der Waals surface area contributed by atoms with Crippen molar-refractivity contribution in [1.29, 1.82) is 0 Å². The van der Waals surface area contributed by atoms with E-state index in [1.54, 1.807) is 0 Å². The van der Waals surface area contributed by atoms with Gasteiger partial charge in [-0.15, -0.1) is 0 Å². The molecule has 11 rings (SSSR count). The number of para-hydroxylation sites is 2. The fourth-order valence-electron chi connectivity index (χ4n) is 7.87. The highest BCUT2D eigenvalue weighted by atomic mass is 15.2. The van der Waals surface area contributed by atoms with E-state index in [4.69, 9.17) is 19.9 Å². The van der Waals surface area contributed by atoms with Gasteiger partial charge in [0.25, 0.3) is 0 Å². The topological polar surface area (TPSA) is 61.4 Å². The summed E-state index contributed by atoms with van der Waals surface area (Å²) in [6, 6.07) is 67.5. The van der Waals surface area contributed by atoms with Crippen LogP contribution in [0.2, 0.25) is 0 Å². The molecule has 6 heteroatoms. The van der Waals surface area contributed by atoms with Crippen molar-refractivity contribution in [3.05, 3.63) is 194 Å². The van der Waals surface area contributed by atoms with Crippen molar-refractivity contribution in [2.75, 3.05) is 0 Å². The van der Waals surface area contributed by atoms with E-state index in [9.17, 15) is 0 Å². The van der Waals surface area contributed by atoms with Crippen LogP contribution in [0, 0.1) is 0 Å². The Morgan fingerprint density at radius 1 is 0.321 bits per heavy atom. The van der Waals surface area contributed by atoms with Gasteiger partial charge in [0, 0.05) is 33.2 Å². The van der Waals surface area contributed by atoms with E-state index in [-0.39, 0.29) is 0 Å². The Kier molecular flexibility index (Phi) is 7.38. The SMILES string of the molecule is c1ccc(-c2nc(-c3ccccc3)nc(-n3c4ccccc4c4cc(-c5ccc(-c6nc7cc8ccccc8cc7n6-c6ccccc6)cc5)ccc43)n2)cc1. The average Bonchev–Trinajstić information content (AvgIpc) is 3.81. The highest BCUT2D eigenvalue weighted by molar-refractivity contribution is 6.10. The van der Waals surface area contributed by atoms with E-state index in [1.807, 2.05) is 60.7 Å². The molecule has 0 N–H and O–H groups in total. The maximum atomic E-state index is 5.21. The van der Waals surface area contributed by atoms with Gasteiger partial charge in [-0.3, -0.25) is 9.13 Å². The number of hydrogen-bond donors (Lipinski definition) is 0. The lowest BCUT2D eigenvalue weighted by Crippen LogP contribution is -2.06. The molecule has 3 aromatic heterocycles. The van der Waals surface area contributed by atoms with Gasteiger partial charge < -0.3 is 0 Å². The summed E-state index contributed by atoms with van der Waals surface area (Å²) in [5, 5.41) is 4.63. The molecule has 0 fully saturated rings. The molecule has 56 heavy (non-hydrogen) atoms. The molecule has 0 radical (unpaired) electrons. The third-order valence-electron chi connectivity index (χ3n) is 10.6. The molecular formula is C50H32N6. The van der Waals surface area contributed by atoms with Gasteiger partial charge in [0.15, 0.2) is 11.6 Å². The first kappa shape index (κ1) is 31.8. The molecule has 0 aliphatic heterocycles. The molecule has 3 heterocycles. The van der Waals surface area contributed by atoms with Crippen LogP contribution in [0.25, 0.3) is 101 Å². The average molecular weight is 717 g/mol. The Morgan fingerprint density at radius 2 is 0.875 bits per heavy atom. The normalized spacial score (nSPS) is 11.6. The van der Waals surface area contributed by atoms with Crippen LogP contribution in [-0.2, 0) is 0 Å². The van der Waals surface area contributed by atoms with Crippen molar-refractivity contribution < 1.29 is 0 Å². The largest absolute Gasteiger partial charge is 0.292 e. The summed E-state index contributed by atoms with van der Waals surface area (Å²) < 4.78 is 4.43. The zero-order valence-electron chi connectivity index (χ0n) is 30.2. The molecule has 0 saturated carbocycles. The van der Waals surface area contributed by atoms with Crippen LogP contribution in [-0.4, -0.2) is 29.1 Å². The Hall–Kier alpha value is -7.70. The van der Waals surface area contributed by atoms with Crippen molar-refractivity contribution in [2.45, 2.75) is 0 Å². The van der Waals surface area contributed by atoms with E-state index < -0.39 is 0 Å². The van der Waals surface area contributed by atoms with E-state index in [0.29, 0.717) is 17.6 Å². The van der Waals surface area contributed by atoms with Crippen LogP contribution >= 0.6 is 0 Å². The Balaban J connectivity index is 1.03. The van der Waals surface area contributed by atoms with Crippen LogP contribution in [0.3, 0.4) is 0 Å². The van der Waals surface area contributed by atoms with Gasteiger partial charge in [-0.1, -0.05) is 152 Å². The lowest BCUT2D eigenvalue weighted by Gasteiger charge is -2.11. The van der Waals surface area contributed by atoms with Crippen LogP contribution < -0.4 is 0 Å². The first-order chi connectivity index (χ1) is 27.7. The molecule has 0 spiro atoms. The number of imidazole rings is 1. The van der Waals surface area contributed by atoms with Crippen molar-refractivity contribution in [1.82, 2.24) is 29.1 Å². The van der Waals surface area contributed by atoms with Crippen molar-refractivity contribution >= 4 is 43.6 Å². The predicted molar refractivity (Wildman–Crippen MR) is 228 cm³/mol. The van der Waals surface area contributed by atoms with Crippen molar-refractivity contribution in [3.63, 3.8) is 0 Å². The third-order valence-corrected chi connectivity index (χ3v) is 10.6. The third kappa shape index (κ3) is 5.35. The Morgan fingerprint density at radius 3 is 1.57 bits per heavy atom. The summed E-state index contributed by atoms with van der Waals surface area (Å²) in [6.07, 6.45) is 0. The van der Waals surface area contributed by atoms with E-state index in [1.165, 1.54) is 10.8 Å². The Bertz CT molecular complexity index is 3160. The molecule has 0 bridgehead atoms. The molecule has 6 nitrogen and oxygen atoms in total. The van der Waals surface area contributed by atoms with Gasteiger partial charge in [0.2, 0.25) is 5.95 Å². The van der Waals surface area contributed by atoms with E-state index >= 15 is 0 Å². The lowest BCUT2D eigenvalue weighted by molar-refractivity contribution is 0.953. The first-order valence-electron chi connectivity index (χ1n) is 18.7. The maximum absolute atomic E-state index is 5.21. The summed E-state index contributed by atoms with van der Waals surface area (Å²) in [5.41, 5.74) is 10.4. The van der Waals surface area contributed by atoms with Crippen molar-refractivity contribution in [3.8, 4) is 56.9 Å². The smallest absolute Gasteiger partial charge is 0.238 e. The summed E-state index contributed by atoms with van der Waals surface area (Å²) in [5.74, 6) is 2.75. The van der Waals surface area contributed by atoms with Crippen LogP contribution in [0.1, 0.15) is 0 Å². The first-order valence-corrected chi connectivity index (χ1v) is 18.7. The van der Waals surface area contributed by atoms with E-state index in [2.05, 4.69) is 143 Å². The molecule has 8 aromatic carbocycles. The van der Waals surface area contributed by atoms with Gasteiger partial charge in [0.05, 0.1) is 22.1 Å². The minimum Gasteiger partial charge on any atom is -0.292 e. The standard InChI is InChI=1S/C50H32N6/c1-4-14-34(15-5-1)47-52-48(35-16-6-2-7-17-35)54-50(53-47)56-44-23-13-12-22-41(44)42-30-39(28-29-45(42)56)33-24-26-36(27-25-33)49-51-43-31-37-18-10-11-19-38(37)32-46(43)55(49)40-20-8-3-9-21-40/h1-32H. The van der Waals surface area contributed by atoms with Gasteiger partial charge >= 0.3 is 0 Å². The molecular weight excluding hydrogens is 685 g/mol. The second-order valence-corrected chi connectivity index (χ2v) is 14.0. The zero-order chi connectivity index (χ0) is 37.0. The fraction of sp³-hybridized carbons (Fsp3) is 0. The van der Waals surface area contributed by atoms with Gasteiger partial charge in [-0.2, -0.15) is 9.97 Å². The fourth-order valence-corrected chi connectivity index (χ4v) is 7.87. The highest BCUT2D eigenvalue weighted by Crippen LogP contribution is 2.37. The minimum absolute atomic E-state index is 0.579. The summed E-state index contributed by atoms with van der Waals surface area (Å²) in [6.45, 7) is 0. The Labute approximate surface area is 322 Å². The molecule has 0 aliphatic rings. The summed E-state index contributed by atoms with van der Waals surface area (Å²) in [7, 11) is 0. The monoisotopic (exact) mass is 716 g/mol. The number of rotatable bonds is 6. The summed E-state index contributed by atoms with van der Waals surface area (Å²) in [4.78, 5) is 20.3. The number of aromatic nitrogens is 6. The molecule has 0 saturated heterocycles. The second-order valence-electron chi connectivity index (χ2n) is 14.0. The number of nitrogens with zero attached hydrogens (tertiary/aromatic N) is 6. The molecule has 11 aromatic rings. The second kappa shape index (κ2) is 13.0. The number of fused-ring (bicyclic) bond motifs is 5. The van der Waals surface area contributed by atoms with Crippen molar-refractivity contribution in [2.24, 2.45) is 0 Å². The predicted octanol–water partition coefficient (Wildman–Crippen LogP) is 12.1. The molecule has 0 amide bonds. The molecule has 0 aliphatic carbocycles. The van der Waals surface area contributed by atoms with Crippen LogP contribution in [0.15, 0.2) is 194 Å². The van der Waals surface area contributed by atoms with E-state index in [0.717, 1.165) is 72.2 Å². The maximum Gasteiger partial charge on any atom is 0.238 e. The molecule has 262 valence electrons. The molecule has 0 unspecified atom stereocenters. The number of hydrogen-bond acceptors (Lipinski definition) is 4. The van der Waals surface area contributed by atoms with Crippen LogP contribution in [0.5, 0.6) is 0 Å². The summed E-state index contributed by atoms with van der Waals surface area (Å²) >= 11 is 0. The lowest BCUT2D eigenvalue weighted by atomic mass is 10.0. The zero-order valence-corrected chi connectivity index (χ0v) is 30.2. The van der Waals surface area contributed by atoms with Gasteiger partial charge in [-0.25, -0.2) is 9.97 Å². The molecule has 0 atom stereocenters. The highest BCUT2D eigenvalue weighted by Gasteiger charge is 2.19.